The molecule has 4 aliphatic rings. The minimum Gasteiger partial charge on any atom is -0.311 e. The lowest BCUT2D eigenvalue weighted by Crippen LogP contribution is -2.63. The van der Waals surface area contributed by atoms with Crippen LogP contribution in [0.1, 0.15) is 0 Å². The molecule has 0 amide bonds. The second-order valence-corrected chi connectivity index (χ2v) is 23.1. The van der Waals surface area contributed by atoms with Crippen LogP contribution in [-0.2, 0) is 0 Å². The van der Waals surface area contributed by atoms with E-state index >= 15 is 0 Å². The van der Waals surface area contributed by atoms with Crippen LogP contribution in [-0.4, -0.2) is 22.6 Å². The van der Waals surface area contributed by atoms with Crippen LogP contribution >= 0.6 is 0 Å². The normalized spacial score (nSPS) is 13.1. The van der Waals surface area contributed by atoms with Crippen LogP contribution in [0.5, 0.6) is 0 Å². The van der Waals surface area contributed by atoms with Gasteiger partial charge in [-0.1, -0.05) is 218 Å². The quantitative estimate of drug-likeness (QED) is 0.154. The Hall–Kier alpha value is -10.8. The third-order valence-corrected chi connectivity index (χ3v) is 18.8. The summed E-state index contributed by atoms with van der Waals surface area (Å²) in [4.78, 5) is 5.09. The summed E-state index contributed by atoms with van der Waals surface area (Å²) >= 11 is 0. The maximum absolute atomic E-state index is 2.70. The Morgan fingerprint density at radius 1 is 0.238 bits per heavy atom. The first-order chi connectivity index (χ1) is 41.7. The van der Waals surface area contributed by atoms with Crippen molar-refractivity contribution in [1.82, 2.24) is 9.13 Å². The molecule has 0 radical (unpaired) electrons. The lowest BCUT2D eigenvalue weighted by atomic mass is 9.31. The van der Waals surface area contributed by atoms with Gasteiger partial charge in [-0.05, 0) is 150 Å². The number of aromatic nitrogens is 2. The number of hydrogen-bond donors (Lipinski definition) is 0. The molecule has 84 heavy (non-hydrogen) atoms. The van der Waals surface area contributed by atoms with Gasteiger partial charge in [0.15, 0.2) is 0 Å². The highest BCUT2D eigenvalue weighted by molar-refractivity contribution is 7.02. The Labute approximate surface area is 487 Å². The van der Waals surface area contributed by atoms with E-state index < -0.39 is 0 Å². The van der Waals surface area contributed by atoms with Crippen LogP contribution in [0.25, 0.3) is 99.5 Å². The van der Waals surface area contributed by atoms with Crippen molar-refractivity contribution in [3.8, 4) is 55.9 Å². The van der Waals surface area contributed by atoms with E-state index in [2.05, 4.69) is 310 Å². The molecule has 0 saturated carbocycles. The lowest BCUT2D eigenvalue weighted by Gasteiger charge is -2.42. The third kappa shape index (κ3) is 6.23. The summed E-state index contributed by atoms with van der Waals surface area (Å²) in [6, 6.07) is 109. The van der Waals surface area contributed by atoms with Gasteiger partial charge in [0, 0.05) is 67.0 Å². The van der Waals surface area contributed by atoms with Crippen LogP contribution in [0.15, 0.2) is 291 Å². The van der Waals surface area contributed by atoms with Crippen molar-refractivity contribution < 1.29 is 0 Å². The molecule has 0 saturated heterocycles. The molecule has 0 fully saturated rings. The fourth-order valence-corrected chi connectivity index (χ4v) is 15.5. The minimum absolute atomic E-state index is 0.105. The van der Waals surface area contributed by atoms with Gasteiger partial charge in [-0.3, -0.25) is 0 Å². The van der Waals surface area contributed by atoms with Gasteiger partial charge in [0.1, 0.15) is 0 Å². The second-order valence-electron chi connectivity index (χ2n) is 23.1. The van der Waals surface area contributed by atoms with Gasteiger partial charge in [0.05, 0.1) is 22.1 Å². The van der Waals surface area contributed by atoms with Crippen molar-refractivity contribution in [2.24, 2.45) is 0 Å². The standard InChI is InChI=1S/C78H48B2N4/c1-7-23-49(24-8-1)53-39-41-57-67(43-53)83-69-47-64-70(48-63(69)79-61-35-19-21-37-65(61)81(55-31-15-5-16-32-55)71-45-59(51-27-11-3-12-28-51)73(57)77(83)75(71)79)84-68-44-54(50-25-9-2-10-26-50)40-42-58(68)74-60(52-29-13-4-14-30-52)46-72-76(78(74)84)80(64)62-36-20-22-38-66(62)82(72)56-33-17-6-18-34-56/h1-48H. The number of benzene rings is 13. The molecule has 6 heterocycles. The van der Waals surface area contributed by atoms with Crippen molar-refractivity contribution in [1.29, 1.82) is 0 Å². The topological polar surface area (TPSA) is 16.3 Å². The Kier molecular flexibility index (Phi) is 9.48. The predicted octanol–water partition coefficient (Wildman–Crippen LogP) is 15.8. The molecular weight excluding hydrogens is 1010 g/mol. The molecule has 0 unspecified atom stereocenters. The molecule has 4 nitrogen and oxygen atoms in total. The van der Waals surface area contributed by atoms with Crippen molar-refractivity contribution >= 4 is 124 Å². The molecule has 13 aromatic carbocycles. The molecule has 19 rings (SSSR count). The first-order valence-electron chi connectivity index (χ1n) is 29.3. The van der Waals surface area contributed by atoms with Crippen molar-refractivity contribution in [2.75, 3.05) is 9.80 Å². The van der Waals surface area contributed by atoms with E-state index in [0.29, 0.717) is 0 Å². The highest BCUT2D eigenvalue weighted by Crippen LogP contribution is 2.50. The van der Waals surface area contributed by atoms with E-state index in [9.17, 15) is 0 Å². The van der Waals surface area contributed by atoms with Gasteiger partial charge in [0.2, 0.25) is 0 Å². The van der Waals surface area contributed by atoms with Crippen molar-refractivity contribution in [2.45, 2.75) is 0 Å². The number of nitrogens with zero attached hydrogens (tertiary/aromatic N) is 4. The van der Waals surface area contributed by atoms with Gasteiger partial charge in [0.25, 0.3) is 13.4 Å². The van der Waals surface area contributed by atoms with E-state index in [-0.39, 0.29) is 13.4 Å². The number of hydrogen-bond acceptors (Lipinski definition) is 2. The van der Waals surface area contributed by atoms with E-state index in [1.165, 1.54) is 155 Å². The molecule has 0 spiro atoms. The van der Waals surface area contributed by atoms with E-state index in [1.54, 1.807) is 0 Å². The maximum Gasteiger partial charge on any atom is 0.252 e. The monoisotopic (exact) mass is 1060 g/mol. The third-order valence-electron chi connectivity index (χ3n) is 18.8. The number of rotatable bonds is 6. The van der Waals surface area contributed by atoms with Gasteiger partial charge in [-0.2, -0.15) is 0 Å². The zero-order valence-electron chi connectivity index (χ0n) is 45.7. The fraction of sp³-hybridized carbons (Fsp3) is 0. The van der Waals surface area contributed by atoms with Gasteiger partial charge in [-0.25, -0.2) is 0 Å². The summed E-state index contributed by atoms with van der Waals surface area (Å²) in [6.07, 6.45) is 0. The molecule has 0 aliphatic carbocycles. The first-order valence-corrected chi connectivity index (χ1v) is 29.3. The van der Waals surface area contributed by atoms with Crippen LogP contribution in [0.4, 0.5) is 34.1 Å². The van der Waals surface area contributed by atoms with E-state index in [1.807, 2.05) is 0 Å². The molecule has 0 bridgehead atoms. The molecule has 6 heteroatoms. The van der Waals surface area contributed by atoms with Crippen molar-refractivity contribution in [3.05, 3.63) is 291 Å². The molecule has 386 valence electrons. The average molecular weight is 1060 g/mol. The summed E-state index contributed by atoms with van der Waals surface area (Å²) in [5, 5.41) is 5.05. The van der Waals surface area contributed by atoms with Gasteiger partial charge >= 0.3 is 0 Å². The first kappa shape index (κ1) is 45.9. The zero-order valence-corrected chi connectivity index (χ0v) is 45.7. The van der Waals surface area contributed by atoms with Crippen LogP contribution in [0.2, 0.25) is 0 Å². The molecule has 0 atom stereocenters. The summed E-state index contributed by atoms with van der Waals surface area (Å²) in [6.45, 7) is -0.211. The molecular formula is C78H48B2N4. The molecule has 0 N–H and O–H groups in total. The lowest BCUT2D eigenvalue weighted by molar-refractivity contribution is 1.16. The summed E-state index contributed by atoms with van der Waals surface area (Å²) in [5.74, 6) is 0. The highest BCUT2D eigenvalue weighted by atomic mass is 15.2. The molecule has 15 aromatic rings. The van der Waals surface area contributed by atoms with Gasteiger partial charge < -0.3 is 18.9 Å². The van der Waals surface area contributed by atoms with E-state index in [4.69, 9.17) is 0 Å². The van der Waals surface area contributed by atoms with Crippen molar-refractivity contribution in [3.63, 3.8) is 0 Å². The smallest absolute Gasteiger partial charge is 0.252 e. The fourth-order valence-electron chi connectivity index (χ4n) is 15.5. The number of fused-ring (bicyclic) bond motifs is 16. The van der Waals surface area contributed by atoms with Crippen LogP contribution < -0.4 is 42.6 Å². The van der Waals surface area contributed by atoms with Crippen LogP contribution in [0, 0.1) is 0 Å². The summed E-state index contributed by atoms with van der Waals surface area (Å²) < 4.78 is 5.39. The van der Waals surface area contributed by atoms with Crippen LogP contribution in [0.3, 0.4) is 0 Å². The minimum atomic E-state index is -0.105. The maximum atomic E-state index is 2.70. The molecule has 2 aromatic heterocycles. The zero-order chi connectivity index (χ0) is 54.7. The average Bonchev–Trinajstić information content (AvgIpc) is 1.90. The summed E-state index contributed by atoms with van der Waals surface area (Å²) in [7, 11) is 0. The largest absolute Gasteiger partial charge is 0.311 e. The Bertz CT molecular complexity index is 4920. The Balaban J connectivity index is 1.01. The highest BCUT2D eigenvalue weighted by Gasteiger charge is 2.47. The summed E-state index contributed by atoms with van der Waals surface area (Å²) in [5.41, 5.74) is 32.0. The predicted molar refractivity (Wildman–Crippen MR) is 356 cm³/mol. The Morgan fingerprint density at radius 3 is 0.976 bits per heavy atom. The van der Waals surface area contributed by atoms with Gasteiger partial charge in [-0.15, -0.1) is 0 Å². The van der Waals surface area contributed by atoms with E-state index in [0.717, 1.165) is 11.4 Å². The molecule has 4 aliphatic heterocycles. The SMILES string of the molecule is c1ccc(-c2ccc3c4c(-c5ccccc5)cc5c6c4n(c3c2)-c2cc3c(cc2B6c2ccccc2N5c2ccccc2)-n2c4cc(-c5ccccc5)ccc4c4c(-c5ccccc5)cc5c(c42)B3c2ccccc2N5c2ccccc2)cc1. The Morgan fingerprint density at radius 2 is 0.583 bits per heavy atom. The number of anilines is 6. The number of para-hydroxylation sites is 4. The second kappa shape index (κ2) is 17.4.